The van der Waals surface area contributed by atoms with Crippen molar-refractivity contribution in [3.8, 4) is 33.6 Å². The van der Waals surface area contributed by atoms with E-state index in [2.05, 4.69) is 15.3 Å². The summed E-state index contributed by atoms with van der Waals surface area (Å²) in [6, 6.07) is 15.5. The summed E-state index contributed by atoms with van der Waals surface area (Å²) in [5.74, 6) is -3.97. The van der Waals surface area contributed by atoms with E-state index in [4.69, 9.17) is 0 Å². The molecule has 53 heavy (non-hydrogen) atoms. The number of halogens is 5. The Morgan fingerprint density at radius 3 is 2.02 bits per heavy atom. The highest BCUT2D eigenvalue weighted by molar-refractivity contribution is 7.14. The van der Waals surface area contributed by atoms with Crippen molar-refractivity contribution >= 4 is 29.1 Å². The number of likely N-dealkylation sites (tertiary alicyclic amines) is 1. The van der Waals surface area contributed by atoms with Gasteiger partial charge in [0.2, 0.25) is 5.91 Å². The van der Waals surface area contributed by atoms with Crippen molar-refractivity contribution in [3.63, 3.8) is 0 Å². The van der Waals surface area contributed by atoms with Crippen LogP contribution in [0.4, 0.5) is 22.0 Å². The van der Waals surface area contributed by atoms with Crippen molar-refractivity contribution in [1.29, 1.82) is 0 Å². The minimum atomic E-state index is -4.71. The number of benzene rings is 3. The number of aromatic nitrogens is 2. The largest absolute Gasteiger partial charge is 0.481 e. The molecule has 2 amide bonds. The smallest absolute Gasteiger partial charge is 0.416 e. The molecule has 1 saturated heterocycles. The molecule has 3 heterocycles. The van der Waals surface area contributed by atoms with Gasteiger partial charge >= 0.3 is 12.1 Å². The molecule has 1 aliphatic heterocycles. The van der Waals surface area contributed by atoms with Gasteiger partial charge in [0.1, 0.15) is 17.7 Å². The van der Waals surface area contributed by atoms with Gasteiger partial charge in [0.25, 0.3) is 5.91 Å². The van der Waals surface area contributed by atoms with Gasteiger partial charge in [-0.15, -0.1) is 11.3 Å². The van der Waals surface area contributed by atoms with Crippen LogP contribution in [0.3, 0.4) is 0 Å². The number of carbonyl (C=O) groups excluding carboxylic acids is 2. The van der Waals surface area contributed by atoms with Crippen molar-refractivity contribution in [3.05, 3.63) is 118 Å². The Hall–Kier alpha value is -5.50. The van der Waals surface area contributed by atoms with Crippen LogP contribution in [-0.2, 0) is 27.6 Å². The number of nitrogens with one attached hydrogen (secondary N) is 1. The average molecular weight is 749 g/mol. The first kappa shape index (κ1) is 37.3. The minimum absolute atomic E-state index is 0.0612. The van der Waals surface area contributed by atoms with Gasteiger partial charge in [-0.2, -0.15) is 13.2 Å². The van der Waals surface area contributed by atoms with Gasteiger partial charge in [-0.3, -0.25) is 14.4 Å². The van der Waals surface area contributed by atoms with Crippen LogP contribution in [0.5, 0.6) is 0 Å². The molecular weight excluding hydrogens is 716 g/mol. The number of amides is 2. The Balaban J connectivity index is 1.16. The first-order chi connectivity index (χ1) is 25.0. The lowest BCUT2D eigenvalue weighted by atomic mass is 9.95. The second-order valence-corrected chi connectivity index (χ2v) is 14.9. The van der Waals surface area contributed by atoms with E-state index in [1.165, 1.54) is 40.8 Å². The normalized spacial score (nSPS) is 14.1. The lowest BCUT2D eigenvalue weighted by Gasteiger charge is -2.38. The Kier molecular flexibility index (Phi) is 10.2. The van der Waals surface area contributed by atoms with E-state index in [0.29, 0.717) is 33.5 Å². The molecule has 5 aromatic rings. The van der Waals surface area contributed by atoms with Crippen molar-refractivity contribution in [1.82, 2.24) is 20.2 Å². The van der Waals surface area contributed by atoms with Crippen LogP contribution in [0.25, 0.3) is 33.6 Å². The molecule has 6 rings (SSSR count). The molecule has 8 nitrogen and oxygen atoms in total. The lowest BCUT2D eigenvalue weighted by Crippen LogP contribution is -2.59. The molecule has 0 unspecified atom stereocenters. The van der Waals surface area contributed by atoms with Crippen LogP contribution in [0, 0.1) is 17.6 Å². The number of aliphatic carboxylic acids is 1. The standard InChI is InChI=1S/C39H33F5N4O4S/c1-38(2,3)33-13-12-32(53-33)35(49)47-31(36(50)48-19-25(20-48)37(51)52)14-21-4-6-22(7-5-21)34-45-17-24(18-46-34)28-10-8-23(15-29(28)40)27-11-9-26(16-30(27)41)39(42,43)44/h4-13,15-18,25,31H,14,19-20H2,1-3H3,(H,47,49)(H,51,52)/t31-/m0/s1. The van der Waals surface area contributed by atoms with Gasteiger partial charge in [-0.1, -0.05) is 63.2 Å². The summed E-state index contributed by atoms with van der Waals surface area (Å²) in [6.07, 6.45) is -1.76. The predicted octanol–water partition coefficient (Wildman–Crippen LogP) is 8.02. The number of alkyl halides is 3. The van der Waals surface area contributed by atoms with E-state index in [1.807, 2.05) is 26.8 Å². The number of hydrogen-bond acceptors (Lipinski definition) is 6. The van der Waals surface area contributed by atoms with Crippen LogP contribution in [0.1, 0.15) is 46.4 Å². The number of thiophene rings is 1. The van der Waals surface area contributed by atoms with Gasteiger partial charge < -0.3 is 15.3 Å². The Labute approximate surface area is 305 Å². The fourth-order valence-corrected chi connectivity index (χ4v) is 6.78. The summed E-state index contributed by atoms with van der Waals surface area (Å²) in [5.41, 5.74) is 0.335. The SMILES string of the molecule is CC(C)(C)c1ccc(C(=O)N[C@@H](Cc2ccc(-c3ncc(-c4ccc(-c5ccc(C(F)(F)F)cc5F)cc4F)cn3)cc2)C(=O)N2CC(C(=O)O)C2)s1. The van der Waals surface area contributed by atoms with Crippen LogP contribution in [-0.4, -0.2) is 56.9 Å². The second-order valence-electron chi connectivity index (χ2n) is 13.8. The number of carbonyl (C=O) groups is 3. The molecule has 0 radical (unpaired) electrons. The van der Waals surface area contributed by atoms with Gasteiger partial charge in [0.05, 0.1) is 16.4 Å². The molecule has 14 heteroatoms. The van der Waals surface area contributed by atoms with E-state index in [9.17, 15) is 37.1 Å². The molecule has 0 spiro atoms. The van der Waals surface area contributed by atoms with E-state index in [0.717, 1.165) is 23.1 Å². The molecule has 0 aliphatic carbocycles. The summed E-state index contributed by atoms with van der Waals surface area (Å²) in [6.45, 7) is 6.24. The van der Waals surface area contributed by atoms with Gasteiger partial charge in [0, 0.05) is 59.0 Å². The van der Waals surface area contributed by atoms with Crippen LogP contribution < -0.4 is 5.32 Å². The third-order valence-electron chi connectivity index (χ3n) is 8.91. The fraction of sp³-hybridized carbons (Fsp3) is 0.256. The zero-order valence-electron chi connectivity index (χ0n) is 28.7. The van der Waals surface area contributed by atoms with Crippen molar-refractivity contribution < 1.29 is 41.4 Å². The number of hydrogen-bond donors (Lipinski definition) is 2. The minimum Gasteiger partial charge on any atom is -0.481 e. The van der Waals surface area contributed by atoms with Crippen LogP contribution in [0.2, 0.25) is 0 Å². The van der Waals surface area contributed by atoms with Crippen molar-refractivity contribution in [2.75, 3.05) is 13.1 Å². The van der Waals surface area contributed by atoms with Gasteiger partial charge in [-0.05, 0) is 46.9 Å². The second kappa shape index (κ2) is 14.5. The number of rotatable bonds is 9. The molecule has 1 aliphatic rings. The van der Waals surface area contributed by atoms with Crippen molar-refractivity contribution in [2.24, 2.45) is 5.92 Å². The molecule has 274 valence electrons. The highest BCUT2D eigenvalue weighted by Crippen LogP contribution is 2.35. The summed E-state index contributed by atoms with van der Waals surface area (Å²) in [4.78, 5) is 49.7. The predicted molar refractivity (Wildman–Crippen MR) is 189 cm³/mol. The van der Waals surface area contributed by atoms with Gasteiger partial charge in [0.15, 0.2) is 5.82 Å². The van der Waals surface area contributed by atoms with E-state index < -0.39 is 47.2 Å². The molecule has 1 atom stereocenters. The molecule has 0 bridgehead atoms. The summed E-state index contributed by atoms with van der Waals surface area (Å²) in [5, 5.41) is 12.1. The quantitative estimate of drug-likeness (QED) is 0.148. The molecular formula is C39H33F5N4O4S. The highest BCUT2D eigenvalue weighted by atomic mass is 32.1. The first-order valence-electron chi connectivity index (χ1n) is 16.5. The third-order valence-corrected chi connectivity index (χ3v) is 10.4. The average Bonchev–Trinajstić information content (AvgIpc) is 3.59. The van der Waals surface area contributed by atoms with E-state index >= 15 is 4.39 Å². The maximum Gasteiger partial charge on any atom is 0.416 e. The number of nitrogens with zero attached hydrogens (tertiary/aromatic N) is 3. The monoisotopic (exact) mass is 748 g/mol. The zero-order chi connectivity index (χ0) is 38.2. The number of carboxylic acids is 1. The van der Waals surface area contributed by atoms with Crippen molar-refractivity contribution in [2.45, 2.75) is 44.8 Å². The third kappa shape index (κ3) is 8.27. The Morgan fingerprint density at radius 2 is 1.45 bits per heavy atom. The topological polar surface area (TPSA) is 112 Å². The van der Waals surface area contributed by atoms with Crippen LogP contribution >= 0.6 is 11.3 Å². The zero-order valence-corrected chi connectivity index (χ0v) is 29.5. The van der Waals surface area contributed by atoms with Gasteiger partial charge in [-0.25, -0.2) is 18.7 Å². The Morgan fingerprint density at radius 1 is 0.849 bits per heavy atom. The Bertz CT molecular complexity index is 2170. The molecule has 2 aromatic heterocycles. The first-order valence-corrected chi connectivity index (χ1v) is 17.3. The highest BCUT2D eigenvalue weighted by Gasteiger charge is 2.39. The fourth-order valence-electron chi connectivity index (χ4n) is 5.81. The maximum absolute atomic E-state index is 15.2. The van der Waals surface area contributed by atoms with E-state index in [1.54, 1.807) is 30.3 Å². The number of carboxylic acid groups (broad SMARTS) is 1. The molecule has 2 N–H and O–H groups in total. The maximum atomic E-state index is 15.2. The lowest BCUT2D eigenvalue weighted by molar-refractivity contribution is -0.153. The van der Waals surface area contributed by atoms with E-state index in [-0.39, 0.29) is 47.5 Å². The van der Waals surface area contributed by atoms with Crippen LogP contribution in [0.15, 0.2) is 85.2 Å². The molecule has 3 aromatic carbocycles. The summed E-state index contributed by atoms with van der Waals surface area (Å²) < 4.78 is 68.5. The summed E-state index contributed by atoms with van der Waals surface area (Å²) in [7, 11) is 0. The molecule has 0 saturated carbocycles. The summed E-state index contributed by atoms with van der Waals surface area (Å²) >= 11 is 1.35. The molecule has 1 fully saturated rings.